The summed E-state index contributed by atoms with van der Waals surface area (Å²) < 4.78 is 9.23. The Balaban J connectivity index is 1.29. The van der Waals surface area contributed by atoms with Gasteiger partial charge in [-0.25, -0.2) is 9.67 Å². The first-order chi connectivity index (χ1) is 17.9. The van der Waals surface area contributed by atoms with Crippen LogP contribution in [0.25, 0.3) is 16.8 Å². The topological polar surface area (TPSA) is 156 Å². The van der Waals surface area contributed by atoms with Crippen molar-refractivity contribution in [3.63, 3.8) is 0 Å². The lowest BCUT2D eigenvalue weighted by molar-refractivity contribution is 0.0881. The minimum absolute atomic E-state index is 0.00744. The second kappa shape index (κ2) is 10.2. The van der Waals surface area contributed by atoms with Crippen LogP contribution in [0.4, 0.5) is 0 Å². The Bertz CT molecular complexity index is 1420. The molecule has 0 radical (unpaired) electrons. The SMILES string of the molecule is Cc1nn(C)cc1-c1cc(C(=O)NC2CCC(Oc3ncccc3C(N)=O)CC2)cc(-n2cnnn2)c1. The predicted molar refractivity (Wildman–Crippen MR) is 133 cm³/mol. The maximum absolute atomic E-state index is 13.3. The number of hydrogen-bond donors (Lipinski definition) is 2. The van der Waals surface area contributed by atoms with E-state index in [0.29, 0.717) is 24.1 Å². The maximum atomic E-state index is 13.3. The molecule has 0 spiro atoms. The molecule has 1 aliphatic rings. The quantitative estimate of drug-likeness (QED) is 0.389. The van der Waals surface area contributed by atoms with Crippen LogP contribution in [0.3, 0.4) is 0 Å². The highest BCUT2D eigenvalue weighted by molar-refractivity contribution is 5.96. The van der Waals surface area contributed by atoms with Gasteiger partial charge in [-0.15, -0.1) is 5.10 Å². The zero-order chi connectivity index (χ0) is 25.9. The highest BCUT2D eigenvalue weighted by atomic mass is 16.5. The number of rotatable bonds is 7. The molecule has 190 valence electrons. The van der Waals surface area contributed by atoms with E-state index in [0.717, 1.165) is 29.7 Å². The smallest absolute Gasteiger partial charge is 0.254 e. The standard InChI is InChI=1S/C25H27N9O3/c1-15-22(13-33(2)30-15)16-10-17(12-19(11-16)34-14-28-31-32-34)24(36)29-18-5-7-20(8-6-18)37-25-21(23(26)35)4-3-9-27-25/h3-4,9-14,18,20H,5-8H2,1-2H3,(H2,26,35)(H,29,36). The lowest BCUT2D eigenvalue weighted by Gasteiger charge is -2.29. The number of carbonyl (C=O) groups is 2. The van der Waals surface area contributed by atoms with Gasteiger partial charge in [-0.3, -0.25) is 14.3 Å². The minimum atomic E-state index is -0.575. The number of hydrogen-bond acceptors (Lipinski definition) is 8. The Morgan fingerprint density at radius 2 is 1.97 bits per heavy atom. The van der Waals surface area contributed by atoms with Crippen LogP contribution in [-0.2, 0) is 7.05 Å². The fourth-order valence-corrected chi connectivity index (χ4v) is 4.62. The average Bonchev–Trinajstić information content (AvgIpc) is 3.55. The molecule has 1 fully saturated rings. The number of amides is 2. The Labute approximate surface area is 212 Å². The molecule has 5 rings (SSSR count). The lowest BCUT2D eigenvalue weighted by atomic mass is 9.92. The van der Waals surface area contributed by atoms with Gasteiger partial charge in [0.15, 0.2) is 0 Å². The molecule has 12 nitrogen and oxygen atoms in total. The molecule has 4 aromatic rings. The molecule has 0 atom stereocenters. The lowest BCUT2D eigenvalue weighted by Crippen LogP contribution is -2.40. The van der Waals surface area contributed by atoms with Gasteiger partial charge in [0.1, 0.15) is 18.0 Å². The van der Waals surface area contributed by atoms with E-state index in [1.54, 1.807) is 29.1 Å². The monoisotopic (exact) mass is 501 g/mol. The van der Waals surface area contributed by atoms with Crippen molar-refractivity contribution in [1.29, 1.82) is 0 Å². The minimum Gasteiger partial charge on any atom is -0.474 e. The maximum Gasteiger partial charge on any atom is 0.254 e. The molecule has 0 unspecified atom stereocenters. The second-order valence-electron chi connectivity index (χ2n) is 9.11. The van der Waals surface area contributed by atoms with Gasteiger partial charge >= 0.3 is 0 Å². The number of nitrogens with one attached hydrogen (secondary N) is 1. The average molecular weight is 502 g/mol. The summed E-state index contributed by atoms with van der Waals surface area (Å²) in [6, 6.07) is 8.79. The van der Waals surface area contributed by atoms with Crippen LogP contribution in [0.15, 0.2) is 49.1 Å². The third kappa shape index (κ3) is 5.32. The van der Waals surface area contributed by atoms with Gasteiger partial charge in [-0.1, -0.05) is 0 Å². The normalized spacial score (nSPS) is 17.4. The molecule has 0 aliphatic heterocycles. The molecule has 3 N–H and O–H groups in total. The van der Waals surface area contributed by atoms with Crippen LogP contribution in [0.5, 0.6) is 5.88 Å². The summed E-state index contributed by atoms with van der Waals surface area (Å²) in [5.41, 5.74) is 9.50. The van der Waals surface area contributed by atoms with E-state index in [1.807, 2.05) is 32.3 Å². The van der Waals surface area contributed by atoms with Crippen molar-refractivity contribution < 1.29 is 14.3 Å². The Morgan fingerprint density at radius 1 is 1.16 bits per heavy atom. The summed E-state index contributed by atoms with van der Waals surface area (Å²) in [6.07, 6.45) is 7.76. The predicted octanol–water partition coefficient (Wildman–Crippen LogP) is 1.99. The molecule has 1 aromatic carbocycles. The van der Waals surface area contributed by atoms with Crippen molar-refractivity contribution in [3.8, 4) is 22.7 Å². The first-order valence-corrected chi connectivity index (χ1v) is 12.0. The van der Waals surface area contributed by atoms with Gasteiger partial charge in [0, 0.05) is 36.6 Å². The van der Waals surface area contributed by atoms with Gasteiger partial charge in [0.25, 0.3) is 11.8 Å². The van der Waals surface area contributed by atoms with Crippen molar-refractivity contribution in [2.24, 2.45) is 12.8 Å². The summed E-state index contributed by atoms with van der Waals surface area (Å²) in [4.78, 5) is 29.1. The third-order valence-corrected chi connectivity index (χ3v) is 6.44. The Morgan fingerprint density at radius 3 is 2.65 bits per heavy atom. The Hall–Kier alpha value is -4.61. The van der Waals surface area contributed by atoms with Crippen molar-refractivity contribution in [2.45, 2.75) is 44.8 Å². The van der Waals surface area contributed by atoms with Crippen LogP contribution in [-0.4, -0.2) is 58.9 Å². The van der Waals surface area contributed by atoms with Gasteiger partial charge in [-0.2, -0.15) is 5.10 Å². The molecular weight excluding hydrogens is 474 g/mol. The van der Waals surface area contributed by atoms with Gasteiger partial charge in [0.2, 0.25) is 5.88 Å². The number of aryl methyl sites for hydroxylation is 2. The molecule has 3 aromatic heterocycles. The van der Waals surface area contributed by atoms with Crippen LogP contribution >= 0.6 is 0 Å². The van der Waals surface area contributed by atoms with E-state index in [-0.39, 0.29) is 29.5 Å². The Kier molecular flexibility index (Phi) is 6.62. The summed E-state index contributed by atoms with van der Waals surface area (Å²) in [7, 11) is 1.86. The zero-order valence-electron chi connectivity index (χ0n) is 20.5. The van der Waals surface area contributed by atoms with Crippen molar-refractivity contribution in [1.82, 2.24) is 40.3 Å². The number of aromatic nitrogens is 7. The molecular formula is C25H27N9O3. The molecule has 1 saturated carbocycles. The van der Waals surface area contributed by atoms with Gasteiger partial charge in [0.05, 0.1) is 11.4 Å². The third-order valence-electron chi connectivity index (χ3n) is 6.44. The summed E-state index contributed by atoms with van der Waals surface area (Å²) in [5.74, 6) is -0.503. The molecule has 0 saturated heterocycles. The first kappa shape index (κ1) is 24.1. The van der Waals surface area contributed by atoms with Gasteiger partial charge in [-0.05, 0) is 78.9 Å². The highest BCUT2D eigenvalue weighted by Gasteiger charge is 2.26. The van der Waals surface area contributed by atoms with Crippen LogP contribution in [0.1, 0.15) is 52.1 Å². The zero-order valence-corrected chi connectivity index (χ0v) is 20.5. The van der Waals surface area contributed by atoms with Crippen LogP contribution in [0.2, 0.25) is 0 Å². The molecule has 2 amide bonds. The number of nitrogens with two attached hydrogens (primary N) is 1. The summed E-state index contributed by atoms with van der Waals surface area (Å²) in [5, 5.41) is 19.0. The molecule has 0 bridgehead atoms. The van der Waals surface area contributed by atoms with Crippen molar-refractivity contribution in [2.75, 3.05) is 0 Å². The molecule has 1 aliphatic carbocycles. The fraction of sp³-hybridized carbons (Fsp3) is 0.320. The number of carbonyl (C=O) groups excluding carboxylic acids is 2. The number of nitrogens with zero attached hydrogens (tertiary/aromatic N) is 7. The van der Waals surface area contributed by atoms with Crippen molar-refractivity contribution in [3.05, 3.63) is 65.9 Å². The van der Waals surface area contributed by atoms with Crippen LogP contribution in [0, 0.1) is 6.92 Å². The number of tetrazole rings is 1. The van der Waals surface area contributed by atoms with E-state index >= 15 is 0 Å². The van der Waals surface area contributed by atoms with Gasteiger partial charge < -0.3 is 15.8 Å². The van der Waals surface area contributed by atoms with E-state index in [1.165, 1.54) is 11.0 Å². The summed E-state index contributed by atoms with van der Waals surface area (Å²) in [6.45, 7) is 1.93. The fourth-order valence-electron chi connectivity index (χ4n) is 4.62. The molecule has 37 heavy (non-hydrogen) atoms. The number of ether oxygens (including phenoxy) is 1. The first-order valence-electron chi connectivity index (χ1n) is 12.0. The van der Waals surface area contributed by atoms with E-state index < -0.39 is 5.91 Å². The largest absolute Gasteiger partial charge is 0.474 e. The van der Waals surface area contributed by atoms with E-state index in [4.69, 9.17) is 10.5 Å². The second-order valence-corrected chi connectivity index (χ2v) is 9.11. The van der Waals surface area contributed by atoms with Crippen molar-refractivity contribution >= 4 is 11.8 Å². The molecule has 12 heteroatoms. The number of primary amides is 1. The molecule has 3 heterocycles. The summed E-state index contributed by atoms with van der Waals surface area (Å²) >= 11 is 0. The van der Waals surface area contributed by atoms with Crippen LogP contribution < -0.4 is 15.8 Å². The number of pyridine rings is 1. The van der Waals surface area contributed by atoms with E-state index in [9.17, 15) is 9.59 Å². The van der Waals surface area contributed by atoms with E-state index in [2.05, 4.69) is 30.9 Å². The highest BCUT2D eigenvalue weighted by Crippen LogP contribution is 2.28. The number of benzene rings is 1.